The molecule has 2 amide bonds. The Labute approximate surface area is 124 Å². The van der Waals surface area contributed by atoms with Crippen molar-refractivity contribution in [2.24, 2.45) is 5.92 Å². The van der Waals surface area contributed by atoms with E-state index in [-0.39, 0.29) is 11.8 Å². The predicted molar refractivity (Wildman–Crippen MR) is 76.7 cm³/mol. The van der Waals surface area contributed by atoms with Crippen molar-refractivity contribution in [3.05, 3.63) is 35.4 Å². The van der Waals surface area contributed by atoms with Crippen LogP contribution in [-0.2, 0) is 26.2 Å². The molecule has 0 N–H and O–H groups in total. The highest BCUT2D eigenvalue weighted by Gasteiger charge is 2.55. The molecule has 2 aliphatic heterocycles. The van der Waals surface area contributed by atoms with Gasteiger partial charge >= 0.3 is 0 Å². The van der Waals surface area contributed by atoms with Gasteiger partial charge in [0, 0.05) is 25.5 Å². The number of carbonyl (C=O) groups excluding carboxylic acids is 2. The van der Waals surface area contributed by atoms with E-state index >= 15 is 0 Å². The van der Waals surface area contributed by atoms with Gasteiger partial charge in [-0.1, -0.05) is 24.3 Å². The maximum absolute atomic E-state index is 13.0. The van der Waals surface area contributed by atoms with Gasteiger partial charge in [0.05, 0.1) is 12.0 Å². The van der Waals surface area contributed by atoms with Crippen LogP contribution >= 0.6 is 0 Å². The van der Waals surface area contributed by atoms with Gasteiger partial charge in [0.2, 0.25) is 11.8 Å². The Hall–Kier alpha value is -1.68. The molecule has 4 rings (SSSR count). The fourth-order valence-corrected chi connectivity index (χ4v) is 4.06. The molecule has 0 aromatic heterocycles. The van der Waals surface area contributed by atoms with Gasteiger partial charge in [-0.25, -0.2) is 0 Å². The molecule has 2 atom stereocenters. The predicted octanol–water partition coefficient (Wildman–Crippen LogP) is 1.67. The molecule has 110 valence electrons. The lowest BCUT2D eigenvalue weighted by Gasteiger charge is -2.24. The molecule has 4 heteroatoms. The number of ether oxygens (including phenoxy) is 1. The quantitative estimate of drug-likeness (QED) is 0.777. The molecule has 0 radical (unpaired) electrons. The zero-order chi connectivity index (χ0) is 14.4. The Morgan fingerprint density at radius 2 is 2.14 bits per heavy atom. The number of benzene rings is 1. The summed E-state index contributed by atoms with van der Waals surface area (Å²) in [6, 6.07) is 8.08. The molecule has 3 aliphatic rings. The normalized spacial score (nSPS) is 31.4. The molecule has 2 fully saturated rings. The summed E-state index contributed by atoms with van der Waals surface area (Å²) >= 11 is 0. The van der Waals surface area contributed by atoms with E-state index in [9.17, 15) is 9.59 Å². The van der Waals surface area contributed by atoms with Crippen molar-refractivity contribution in [3.63, 3.8) is 0 Å². The molecule has 0 saturated carbocycles. The minimum Gasteiger partial charge on any atom is -0.381 e. The molecule has 21 heavy (non-hydrogen) atoms. The number of carbonyl (C=O) groups is 2. The zero-order valence-corrected chi connectivity index (χ0v) is 12.0. The minimum atomic E-state index is -0.576. The first-order valence-corrected chi connectivity index (χ1v) is 7.72. The first-order chi connectivity index (χ1) is 10.2. The molecular formula is C17H19NO3. The van der Waals surface area contributed by atoms with Gasteiger partial charge < -0.3 is 4.74 Å². The van der Waals surface area contributed by atoms with Crippen LogP contribution in [0.1, 0.15) is 30.4 Å². The number of rotatable bonds is 2. The summed E-state index contributed by atoms with van der Waals surface area (Å²) in [7, 11) is 0. The summed E-state index contributed by atoms with van der Waals surface area (Å²) < 4.78 is 5.36. The monoisotopic (exact) mass is 285 g/mol. The van der Waals surface area contributed by atoms with Crippen molar-refractivity contribution in [1.29, 1.82) is 0 Å². The van der Waals surface area contributed by atoms with Crippen molar-refractivity contribution >= 4 is 11.8 Å². The molecule has 4 nitrogen and oxygen atoms in total. The van der Waals surface area contributed by atoms with Gasteiger partial charge in [0.25, 0.3) is 0 Å². The van der Waals surface area contributed by atoms with Crippen LogP contribution < -0.4 is 0 Å². The van der Waals surface area contributed by atoms with E-state index in [1.807, 2.05) is 18.2 Å². The standard InChI is InChI=1S/C17H19NO3/c19-15-9-17(7-5-13-3-1-2-4-14(13)17)16(20)18(15)10-12-6-8-21-11-12/h1-4,12H,5-11H2. The van der Waals surface area contributed by atoms with Gasteiger partial charge in [0.15, 0.2) is 0 Å². The maximum atomic E-state index is 13.0. The molecule has 1 spiro atoms. The average molecular weight is 285 g/mol. The molecule has 1 aromatic rings. The number of imide groups is 1. The molecule has 2 saturated heterocycles. The van der Waals surface area contributed by atoms with E-state index in [0.717, 1.165) is 31.4 Å². The molecule has 2 heterocycles. The topological polar surface area (TPSA) is 46.6 Å². The van der Waals surface area contributed by atoms with E-state index in [1.54, 1.807) is 0 Å². The van der Waals surface area contributed by atoms with Crippen LogP contribution in [0.25, 0.3) is 0 Å². The van der Waals surface area contributed by atoms with Gasteiger partial charge in [-0.3, -0.25) is 14.5 Å². The number of hydrogen-bond donors (Lipinski definition) is 0. The molecular weight excluding hydrogens is 266 g/mol. The second-order valence-corrected chi connectivity index (χ2v) is 6.46. The third-order valence-electron chi connectivity index (χ3n) is 5.23. The van der Waals surface area contributed by atoms with Crippen LogP contribution in [0.2, 0.25) is 0 Å². The van der Waals surface area contributed by atoms with Crippen LogP contribution in [0.3, 0.4) is 0 Å². The van der Waals surface area contributed by atoms with Gasteiger partial charge in [0.1, 0.15) is 0 Å². The van der Waals surface area contributed by atoms with Gasteiger partial charge in [-0.05, 0) is 30.4 Å². The molecule has 2 unspecified atom stereocenters. The van der Waals surface area contributed by atoms with E-state index in [4.69, 9.17) is 4.74 Å². The van der Waals surface area contributed by atoms with Crippen molar-refractivity contribution in [3.8, 4) is 0 Å². The number of amides is 2. The van der Waals surface area contributed by atoms with Crippen molar-refractivity contribution in [2.75, 3.05) is 19.8 Å². The average Bonchev–Trinajstić information content (AvgIpc) is 3.17. The smallest absolute Gasteiger partial charge is 0.240 e. The molecule has 0 bridgehead atoms. The summed E-state index contributed by atoms with van der Waals surface area (Å²) in [6.45, 7) is 1.94. The van der Waals surface area contributed by atoms with E-state index in [0.29, 0.717) is 25.5 Å². The first kappa shape index (κ1) is 13.0. The highest BCUT2D eigenvalue weighted by molar-refractivity contribution is 6.09. The Morgan fingerprint density at radius 3 is 2.95 bits per heavy atom. The second kappa shape index (κ2) is 4.67. The Bertz CT molecular complexity index is 606. The largest absolute Gasteiger partial charge is 0.381 e. The Morgan fingerprint density at radius 1 is 1.29 bits per heavy atom. The summed E-state index contributed by atoms with van der Waals surface area (Å²) in [5.41, 5.74) is 1.73. The summed E-state index contributed by atoms with van der Waals surface area (Å²) in [5.74, 6) is 0.317. The lowest BCUT2D eigenvalue weighted by Crippen LogP contribution is -2.39. The highest BCUT2D eigenvalue weighted by atomic mass is 16.5. The van der Waals surface area contributed by atoms with Crippen molar-refractivity contribution < 1.29 is 14.3 Å². The van der Waals surface area contributed by atoms with Gasteiger partial charge in [-0.2, -0.15) is 0 Å². The van der Waals surface area contributed by atoms with Crippen LogP contribution in [0, 0.1) is 5.92 Å². The highest BCUT2D eigenvalue weighted by Crippen LogP contribution is 2.46. The number of likely N-dealkylation sites (tertiary alicyclic amines) is 1. The summed E-state index contributed by atoms with van der Waals surface area (Å²) in [6.07, 6.45) is 2.96. The van der Waals surface area contributed by atoms with Crippen LogP contribution in [-0.4, -0.2) is 36.5 Å². The number of aryl methyl sites for hydroxylation is 1. The minimum absolute atomic E-state index is 0.0106. The first-order valence-electron chi connectivity index (χ1n) is 7.72. The van der Waals surface area contributed by atoms with Crippen molar-refractivity contribution in [2.45, 2.75) is 31.1 Å². The Balaban J connectivity index is 1.64. The second-order valence-electron chi connectivity index (χ2n) is 6.46. The lowest BCUT2D eigenvalue weighted by atomic mass is 9.80. The SMILES string of the molecule is O=C1CC2(CCc3ccccc32)C(=O)N1CC1CCOC1. The van der Waals surface area contributed by atoms with Crippen LogP contribution in [0.5, 0.6) is 0 Å². The zero-order valence-electron chi connectivity index (χ0n) is 12.0. The van der Waals surface area contributed by atoms with Gasteiger partial charge in [-0.15, -0.1) is 0 Å². The summed E-state index contributed by atoms with van der Waals surface area (Å²) in [5, 5.41) is 0. The maximum Gasteiger partial charge on any atom is 0.240 e. The third-order valence-corrected chi connectivity index (χ3v) is 5.23. The molecule has 1 aromatic carbocycles. The van der Waals surface area contributed by atoms with Crippen LogP contribution in [0.15, 0.2) is 24.3 Å². The number of nitrogens with zero attached hydrogens (tertiary/aromatic N) is 1. The fourth-order valence-electron chi connectivity index (χ4n) is 4.06. The number of hydrogen-bond acceptors (Lipinski definition) is 3. The van der Waals surface area contributed by atoms with Crippen LogP contribution in [0.4, 0.5) is 0 Å². The number of fused-ring (bicyclic) bond motifs is 2. The van der Waals surface area contributed by atoms with Crippen molar-refractivity contribution in [1.82, 2.24) is 4.90 Å². The Kier molecular flexibility index (Phi) is 2.89. The summed E-state index contributed by atoms with van der Waals surface area (Å²) in [4.78, 5) is 26.9. The fraction of sp³-hybridized carbons (Fsp3) is 0.529. The third kappa shape index (κ3) is 1.85. The lowest BCUT2D eigenvalue weighted by molar-refractivity contribution is -0.140. The molecule has 1 aliphatic carbocycles. The van der Waals surface area contributed by atoms with E-state index in [1.165, 1.54) is 10.5 Å². The van der Waals surface area contributed by atoms with E-state index < -0.39 is 5.41 Å². The van der Waals surface area contributed by atoms with E-state index in [2.05, 4.69) is 6.07 Å².